The quantitative estimate of drug-likeness (QED) is 0.0517. The Morgan fingerprint density at radius 2 is 0.344 bits per heavy atom. The van der Waals surface area contributed by atoms with Crippen LogP contribution in [0.15, 0.2) is 352 Å². The lowest BCUT2D eigenvalue weighted by Gasteiger charge is -2.26. The maximum Gasteiger partial charge on any atom is 0.119 e. The fraction of sp³-hybridized carbons (Fsp3) is 0.196. The third-order valence-electron chi connectivity index (χ3n) is 21.2. The normalized spacial score (nSPS) is 10.5. The third-order valence-corrected chi connectivity index (χ3v) is 21.2. The molecule has 15 rings (SSSR count). The molecule has 0 aromatic heterocycles. The summed E-state index contributed by atoms with van der Waals surface area (Å²) in [6.45, 7) is 33.8. The summed E-state index contributed by atoms with van der Waals surface area (Å²) >= 11 is 0. The number of ether oxygens (including phenoxy) is 5. The van der Waals surface area contributed by atoms with Gasteiger partial charge in [0.15, 0.2) is 0 Å². The minimum Gasteiger partial charge on any atom is -0.497 e. The Labute approximate surface area is 727 Å². The predicted octanol–water partition coefficient (Wildman–Crippen LogP) is 31.5. The number of unbranched alkanes of at least 4 members (excludes halogenated alkanes) is 1. The van der Waals surface area contributed by atoms with Gasteiger partial charge >= 0.3 is 0 Å². The lowest BCUT2D eigenvalue weighted by atomic mass is 10.1. The van der Waals surface area contributed by atoms with Crippen molar-refractivity contribution < 1.29 is 23.7 Å². The molecule has 0 heterocycles. The Bertz CT molecular complexity index is 5510. The van der Waals surface area contributed by atoms with Gasteiger partial charge < -0.3 is 48.2 Å². The molecule has 0 atom stereocenters. The van der Waals surface area contributed by atoms with Crippen molar-refractivity contribution in [1.29, 1.82) is 0 Å². The van der Waals surface area contributed by atoms with Crippen molar-refractivity contribution in [2.24, 2.45) is 0 Å². The Morgan fingerprint density at radius 1 is 0.180 bits per heavy atom. The van der Waals surface area contributed by atoms with E-state index in [0.29, 0.717) is 13.2 Å². The monoisotopic (exact) mass is 1610 g/mol. The first kappa shape index (κ1) is 89.1. The molecule has 0 aliphatic heterocycles. The summed E-state index contributed by atoms with van der Waals surface area (Å²) in [5.41, 5.74) is 32.4. The van der Waals surface area contributed by atoms with Crippen LogP contribution >= 0.6 is 0 Å². The predicted molar refractivity (Wildman–Crippen MR) is 518 cm³/mol. The zero-order valence-corrected chi connectivity index (χ0v) is 74.3. The van der Waals surface area contributed by atoms with E-state index in [-0.39, 0.29) is 0 Å². The van der Waals surface area contributed by atoms with Gasteiger partial charge in [0.1, 0.15) is 28.7 Å². The van der Waals surface area contributed by atoms with Crippen LogP contribution in [0.25, 0.3) is 0 Å². The standard InChI is InChI=1S/C24H27NO.C23H25NO.2C22H23NO.C21H21NO/c1-4-5-18-26-24-16-14-23(15-17-24)25(21-10-6-19(2)7-11-21)22-12-8-20(3)9-13-22;1-5-25-23-14-12-21(13-15-23)24(20-9-6-17(2)7-10-20)22-11-8-18(3)19(4)16-22;1-16-5-8-19(9-6-16)23(20-11-13-22(24-4)14-12-20)21-10-7-17(2)18(3)15-21;1-4-24-22-15-13-21(14-16-22)23(19-9-5-17(2)6-10-19)20-11-7-18(3)8-12-20;1-16-4-8-18(9-5-16)22(19-10-6-17(2)7-11-19)20-12-14-21(23-3)15-13-20/h6-17H,4-5,18H2,1-3H3;6-16H,5H2,1-4H3;5-15H,1-4H3;5-16H,4H2,1-3H3;4-15H,1-3H3. The van der Waals surface area contributed by atoms with Crippen LogP contribution in [0, 0.1) is 83.1 Å². The van der Waals surface area contributed by atoms with Gasteiger partial charge in [-0.05, 0) is 368 Å². The van der Waals surface area contributed by atoms with Crippen LogP contribution in [-0.2, 0) is 0 Å². The van der Waals surface area contributed by atoms with E-state index in [9.17, 15) is 0 Å². The van der Waals surface area contributed by atoms with Gasteiger partial charge in [0, 0.05) is 85.3 Å². The molecular formula is C112H119N5O5. The van der Waals surface area contributed by atoms with Crippen LogP contribution in [0.3, 0.4) is 0 Å². The summed E-state index contributed by atoms with van der Waals surface area (Å²) in [5.74, 6) is 4.45. The van der Waals surface area contributed by atoms with Crippen LogP contribution < -0.4 is 48.2 Å². The summed E-state index contributed by atoms with van der Waals surface area (Å²) in [6.07, 6.45) is 2.23. The van der Waals surface area contributed by atoms with Gasteiger partial charge in [-0.15, -0.1) is 0 Å². The number of anilines is 15. The van der Waals surface area contributed by atoms with Crippen molar-refractivity contribution in [2.75, 3.05) is 58.5 Å². The van der Waals surface area contributed by atoms with Gasteiger partial charge in [-0.3, -0.25) is 0 Å². The first-order valence-electron chi connectivity index (χ1n) is 42.3. The van der Waals surface area contributed by atoms with Crippen molar-refractivity contribution in [3.05, 3.63) is 419 Å². The summed E-state index contributed by atoms with van der Waals surface area (Å²) in [5, 5.41) is 0. The minimum atomic E-state index is 0.679. The molecule has 0 radical (unpaired) electrons. The fourth-order valence-electron chi connectivity index (χ4n) is 13.7. The summed E-state index contributed by atoms with van der Waals surface area (Å²) < 4.78 is 27.5. The van der Waals surface area contributed by atoms with Gasteiger partial charge in [-0.2, -0.15) is 0 Å². The van der Waals surface area contributed by atoms with Crippen LogP contribution in [0.1, 0.15) is 100 Å². The van der Waals surface area contributed by atoms with Crippen molar-refractivity contribution in [3.8, 4) is 28.7 Å². The number of nitrogens with zero attached hydrogens (tertiary/aromatic N) is 5. The second kappa shape index (κ2) is 44.4. The molecule has 0 fully saturated rings. The average molecular weight is 1620 g/mol. The molecule has 0 aliphatic rings. The average Bonchev–Trinajstić information content (AvgIpc) is 0.822. The molecule has 0 amide bonds. The molecule has 122 heavy (non-hydrogen) atoms. The molecule has 622 valence electrons. The van der Waals surface area contributed by atoms with Crippen LogP contribution in [0.5, 0.6) is 28.7 Å². The highest BCUT2D eigenvalue weighted by Crippen LogP contribution is 2.42. The van der Waals surface area contributed by atoms with Gasteiger partial charge in [-0.25, -0.2) is 0 Å². The van der Waals surface area contributed by atoms with Gasteiger partial charge in [0.25, 0.3) is 0 Å². The van der Waals surface area contributed by atoms with E-state index < -0.39 is 0 Å². The molecule has 10 nitrogen and oxygen atoms in total. The lowest BCUT2D eigenvalue weighted by Crippen LogP contribution is -2.10. The van der Waals surface area contributed by atoms with Crippen molar-refractivity contribution in [2.45, 2.75) is 117 Å². The van der Waals surface area contributed by atoms with E-state index >= 15 is 0 Å². The molecule has 15 aromatic carbocycles. The Hall–Kier alpha value is -13.7. The SMILES string of the molecule is CCCCOc1ccc(N(c2ccc(C)cc2)c2ccc(C)cc2)cc1.CCOc1ccc(N(c2ccc(C)cc2)c2ccc(C)c(C)c2)cc1.CCOc1ccc(N(c2ccc(C)cc2)c2ccc(C)cc2)cc1.COc1ccc(N(c2ccc(C)cc2)c2ccc(C)c(C)c2)cc1.COc1ccc(N(c2ccc(C)cc2)c2ccc(C)cc2)cc1. The van der Waals surface area contributed by atoms with Crippen LogP contribution in [0.2, 0.25) is 0 Å². The van der Waals surface area contributed by atoms with E-state index in [1.54, 1.807) is 14.2 Å². The maximum absolute atomic E-state index is 5.81. The highest BCUT2D eigenvalue weighted by Gasteiger charge is 2.19. The van der Waals surface area contributed by atoms with Gasteiger partial charge in [0.2, 0.25) is 0 Å². The van der Waals surface area contributed by atoms with E-state index in [1.165, 1.54) is 66.8 Å². The first-order chi connectivity index (χ1) is 59.2. The zero-order valence-electron chi connectivity index (χ0n) is 74.3. The molecule has 10 heteroatoms. The molecule has 0 saturated heterocycles. The minimum absolute atomic E-state index is 0.679. The number of hydrogen-bond acceptors (Lipinski definition) is 10. The van der Waals surface area contributed by atoms with Crippen LogP contribution in [0.4, 0.5) is 85.3 Å². The summed E-state index contributed by atoms with van der Waals surface area (Å²) in [6, 6.07) is 123. The first-order valence-corrected chi connectivity index (χ1v) is 42.3. The summed E-state index contributed by atoms with van der Waals surface area (Å²) in [4.78, 5) is 11.3. The smallest absolute Gasteiger partial charge is 0.119 e. The van der Waals surface area contributed by atoms with Gasteiger partial charge in [-0.1, -0.05) is 167 Å². The molecule has 0 bridgehead atoms. The molecular weight excluding hydrogens is 1500 g/mol. The van der Waals surface area contributed by atoms with Gasteiger partial charge in [0.05, 0.1) is 34.0 Å². The lowest BCUT2D eigenvalue weighted by molar-refractivity contribution is 0.309. The van der Waals surface area contributed by atoms with Crippen LogP contribution in [-0.4, -0.2) is 34.0 Å². The highest BCUT2D eigenvalue weighted by molar-refractivity contribution is 5.82. The number of aryl methyl sites for hydroxylation is 12. The molecule has 15 aromatic rings. The molecule has 0 spiro atoms. The summed E-state index contributed by atoms with van der Waals surface area (Å²) in [7, 11) is 3.38. The Morgan fingerprint density at radius 3 is 0.516 bits per heavy atom. The van der Waals surface area contributed by atoms with Crippen molar-refractivity contribution in [3.63, 3.8) is 0 Å². The number of rotatable bonds is 25. The van der Waals surface area contributed by atoms with Crippen molar-refractivity contribution >= 4 is 85.3 Å². The molecule has 0 aliphatic carbocycles. The molecule has 0 unspecified atom stereocenters. The number of methoxy groups -OCH3 is 2. The van der Waals surface area contributed by atoms with E-state index in [0.717, 1.165) is 134 Å². The maximum atomic E-state index is 5.81. The second-order valence-electron chi connectivity index (χ2n) is 30.8. The highest BCUT2D eigenvalue weighted by atomic mass is 16.5. The van der Waals surface area contributed by atoms with E-state index in [4.69, 9.17) is 23.7 Å². The number of hydrogen-bond donors (Lipinski definition) is 0. The topological polar surface area (TPSA) is 62.4 Å². The van der Waals surface area contributed by atoms with E-state index in [1.807, 2.05) is 62.4 Å². The Kier molecular flexibility index (Phi) is 32.4. The second-order valence-corrected chi connectivity index (χ2v) is 30.8. The number of benzene rings is 15. The fourth-order valence-corrected chi connectivity index (χ4v) is 13.7. The molecule has 0 N–H and O–H groups in total. The Balaban J connectivity index is 0.000000149. The third kappa shape index (κ3) is 25.0. The zero-order chi connectivity index (χ0) is 86.4. The van der Waals surface area contributed by atoms with E-state index in [2.05, 4.69) is 418 Å². The largest absolute Gasteiger partial charge is 0.497 e. The van der Waals surface area contributed by atoms with Crippen molar-refractivity contribution in [1.82, 2.24) is 0 Å². The molecule has 0 saturated carbocycles.